The molecular weight excluding hydrogens is 611 g/mol. The molecular formula is C45H27N5. The van der Waals surface area contributed by atoms with Crippen LogP contribution in [-0.4, -0.2) is 24.9 Å². The Morgan fingerprint density at radius 2 is 0.920 bits per heavy atom. The van der Waals surface area contributed by atoms with Gasteiger partial charge in [0.25, 0.3) is 0 Å². The van der Waals surface area contributed by atoms with Gasteiger partial charge in [0.05, 0.1) is 39.1 Å². The van der Waals surface area contributed by atoms with Crippen molar-refractivity contribution in [1.29, 1.82) is 0 Å². The Morgan fingerprint density at radius 1 is 0.360 bits per heavy atom. The standard InChI is InChI=1S/C45H27N5/c1-2-6-37-36(4-1)26-46-27-38(37)43-22-17-35-25-33(15-20-42(35)49-43)32-14-19-41-34(24-32)16-21-39(48-41)28-7-9-29(10-8-28)40-18-13-31-12-11-30-5-3-23-47-44(30)45(31)50-40/h1-27H. The largest absolute Gasteiger partial charge is 0.263 e. The van der Waals surface area contributed by atoms with E-state index in [0.717, 1.165) is 99.3 Å². The summed E-state index contributed by atoms with van der Waals surface area (Å²) in [6, 6.07) is 50.6. The van der Waals surface area contributed by atoms with E-state index in [1.807, 2.05) is 30.7 Å². The van der Waals surface area contributed by atoms with E-state index in [0.29, 0.717) is 0 Å². The Kier molecular flexibility index (Phi) is 6.42. The molecule has 0 saturated carbocycles. The molecule has 5 heteroatoms. The van der Waals surface area contributed by atoms with E-state index in [2.05, 4.69) is 143 Å². The van der Waals surface area contributed by atoms with E-state index in [9.17, 15) is 0 Å². The average Bonchev–Trinajstić information content (AvgIpc) is 3.19. The van der Waals surface area contributed by atoms with Crippen LogP contribution in [0.15, 0.2) is 164 Å². The van der Waals surface area contributed by atoms with Crippen LogP contribution in [-0.2, 0) is 0 Å². The van der Waals surface area contributed by atoms with Crippen LogP contribution in [0.25, 0.3) is 99.3 Å². The van der Waals surface area contributed by atoms with Gasteiger partial charge in [-0.1, -0.05) is 97.1 Å². The molecule has 0 atom stereocenters. The summed E-state index contributed by atoms with van der Waals surface area (Å²) >= 11 is 0. The zero-order valence-corrected chi connectivity index (χ0v) is 26.8. The van der Waals surface area contributed by atoms with E-state index >= 15 is 0 Å². The number of hydrogen-bond donors (Lipinski definition) is 0. The minimum absolute atomic E-state index is 0.921. The summed E-state index contributed by atoms with van der Waals surface area (Å²) in [5, 5.41) is 6.64. The SMILES string of the molecule is c1ccc2c(-c3ccc4cc(-c5ccc6nc(-c7ccc(-c8ccc9ccc%10cccnc%10c9n8)cc7)ccc6c5)ccc4n3)cncc2c1. The van der Waals surface area contributed by atoms with E-state index < -0.39 is 0 Å². The third-order valence-electron chi connectivity index (χ3n) is 9.56. The maximum absolute atomic E-state index is 5.03. The summed E-state index contributed by atoms with van der Waals surface area (Å²) in [5.41, 5.74) is 12.0. The van der Waals surface area contributed by atoms with Crippen molar-refractivity contribution in [1.82, 2.24) is 24.9 Å². The van der Waals surface area contributed by atoms with Crippen LogP contribution in [0.2, 0.25) is 0 Å². The summed E-state index contributed by atoms with van der Waals surface area (Å²) < 4.78 is 0. The van der Waals surface area contributed by atoms with Crippen molar-refractivity contribution in [2.75, 3.05) is 0 Å². The first-order valence-electron chi connectivity index (χ1n) is 16.6. The second-order valence-corrected chi connectivity index (χ2v) is 12.6. The maximum Gasteiger partial charge on any atom is 0.0972 e. The molecule has 0 spiro atoms. The molecule has 0 amide bonds. The van der Waals surface area contributed by atoms with Crippen LogP contribution in [0.4, 0.5) is 0 Å². The van der Waals surface area contributed by atoms with Gasteiger partial charge in [-0.2, -0.15) is 0 Å². The number of rotatable bonds is 4. The fraction of sp³-hybridized carbons (Fsp3) is 0. The summed E-state index contributed by atoms with van der Waals surface area (Å²) in [6.07, 6.45) is 5.62. The van der Waals surface area contributed by atoms with Gasteiger partial charge in [-0.25, -0.2) is 15.0 Å². The van der Waals surface area contributed by atoms with Gasteiger partial charge in [-0.3, -0.25) is 9.97 Å². The molecule has 0 unspecified atom stereocenters. The summed E-state index contributed by atoms with van der Waals surface area (Å²) in [6.45, 7) is 0. The summed E-state index contributed by atoms with van der Waals surface area (Å²) in [4.78, 5) is 24.1. The van der Waals surface area contributed by atoms with Crippen LogP contribution in [0.1, 0.15) is 0 Å². The van der Waals surface area contributed by atoms with E-state index in [-0.39, 0.29) is 0 Å². The highest BCUT2D eigenvalue weighted by molar-refractivity contribution is 6.03. The van der Waals surface area contributed by atoms with Crippen molar-refractivity contribution < 1.29 is 0 Å². The van der Waals surface area contributed by atoms with Crippen molar-refractivity contribution in [3.05, 3.63) is 164 Å². The van der Waals surface area contributed by atoms with Crippen LogP contribution in [0, 0.1) is 0 Å². The highest BCUT2D eigenvalue weighted by atomic mass is 14.8. The second-order valence-electron chi connectivity index (χ2n) is 12.6. The molecule has 5 aromatic carbocycles. The Hall–Kier alpha value is -6.85. The maximum atomic E-state index is 5.03. The van der Waals surface area contributed by atoms with Gasteiger partial charge in [-0.05, 0) is 65.0 Å². The Bertz CT molecular complexity index is 2930. The molecule has 50 heavy (non-hydrogen) atoms. The number of fused-ring (bicyclic) bond motifs is 6. The number of aromatic nitrogens is 5. The lowest BCUT2D eigenvalue weighted by Crippen LogP contribution is -1.90. The highest BCUT2D eigenvalue weighted by Crippen LogP contribution is 2.32. The van der Waals surface area contributed by atoms with Gasteiger partial charge < -0.3 is 0 Å². The number of hydrogen-bond acceptors (Lipinski definition) is 5. The zero-order chi connectivity index (χ0) is 33.0. The molecule has 0 radical (unpaired) electrons. The Balaban J connectivity index is 0.926. The Labute approximate surface area is 287 Å². The smallest absolute Gasteiger partial charge is 0.0972 e. The first-order valence-corrected chi connectivity index (χ1v) is 16.6. The van der Waals surface area contributed by atoms with Crippen molar-refractivity contribution in [2.24, 2.45) is 0 Å². The monoisotopic (exact) mass is 637 g/mol. The number of pyridine rings is 5. The molecule has 5 nitrogen and oxygen atoms in total. The molecule has 5 aromatic heterocycles. The molecule has 0 aliphatic carbocycles. The second kappa shape index (κ2) is 11.4. The van der Waals surface area contributed by atoms with E-state index in [1.165, 1.54) is 0 Å². The fourth-order valence-electron chi connectivity index (χ4n) is 6.94. The predicted molar refractivity (Wildman–Crippen MR) is 205 cm³/mol. The van der Waals surface area contributed by atoms with Gasteiger partial charge in [0.15, 0.2) is 0 Å². The molecule has 232 valence electrons. The first-order chi connectivity index (χ1) is 24.7. The zero-order valence-electron chi connectivity index (χ0n) is 26.8. The van der Waals surface area contributed by atoms with Gasteiger partial charge >= 0.3 is 0 Å². The molecule has 10 rings (SSSR count). The van der Waals surface area contributed by atoms with Crippen LogP contribution < -0.4 is 0 Å². The molecule has 10 aromatic rings. The topological polar surface area (TPSA) is 64.5 Å². The predicted octanol–water partition coefficient (Wildman–Crippen LogP) is 11.1. The molecule has 0 aliphatic heterocycles. The molecule has 0 bridgehead atoms. The third kappa shape index (κ3) is 4.83. The van der Waals surface area contributed by atoms with E-state index in [1.54, 1.807) is 0 Å². The Morgan fingerprint density at radius 3 is 1.66 bits per heavy atom. The third-order valence-corrected chi connectivity index (χ3v) is 9.56. The number of benzene rings is 5. The van der Waals surface area contributed by atoms with Gasteiger partial charge in [0.2, 0.25) is 0 Å². The summed E-state index contributed by atoms with van der Waals surface area (Å²) in [5.74, 6) is 0. The minimum atomic E-state index is 0.921. The lowest BCUT2D eigenvalue weighted by molar-refractivity contribution is 1.33. The van der Waals surface area contributed by atoms with E-state index in [4.69, 9.17) is 15.0 Å². The quantitative estimate of drug-likeness (QED) is 0.180. The molecule has 0 saturated heterocycles. The van der Waals surface area contributed by atoms with Gasteiger partial charge in [-0.15, -0.1) is 0 Å². The fourth-order valence-corrected chi connectivity index (χ4v) is 6.94. The lowest BCUT2D eigenvalue weighted by atomic mass is 9.99. The minimum Gasteiger partial charge on any atom is -0.263 e. The molecule has 5 heterocycles. The van der Waals surface area contributed by atoms with Crippen LogP contribution >= 0.6 is 0 Å². The van der Waals surface area contributed by atoms with Crippen molar-refractivity contribution >= 4 is 54.4 Å². The van der Waals surface area contributed by atoms with Crippen molar-refractivity contribution in [3.8, 4) is 44.9 Å². The van der Waals surface area contributed by atoms with Gasteiger partial charge in [0.1, 0.15) is 0 Å². The van der Waals surface area contributed by atoms with Gasteiger partial charge in [0, 0.05) is 62.2 Å². The average molecular weight is 638 g/mol. The highest BCUT2D eigenvalue weighted by Gasteiger charge is 2.11. The van der Waals surface area contributed by atoms with Crippen LogP contribution in [0.5, 0.6) is 0 Å². The lowest BCUT2D eigenvalue weighted by Gasteiger charge is -2.09. The van der Waals surface area contributed by atoms with Crippen molar-refractivity contribution in [2.45, 2.75) is 0 Å². The molecule has 0 aliphatic rings. The summed E-state index contributed by atoms with van der Waals surface area (Å²) in [7, 11) is 0. The first kappa shape index (κ1) is 28.2. The normalized spacial score (nSPS) is 11.6. The molecule has 0 fully saturated rings. The van der Waals surface area contributed by atoms with Crippen LogP contribution in [0.3, 0.4) is 0 Å². The molecule has 0 N–H and O–H groups in total. The number of nitrogens with zero attached hydrogens (tertiary/aromatic N) is 5. The van der Waals surface area contributed by atoms with Crippen molar-refractivity contribution in [3.63, 3.8) is 0 Å².